The lowest BCUT2D eigenvalue weighted by Gasteiger charge is -2.09. The first-order valence-corrected chi connectivity index (χ1v) is 6.04. The van der Waals surface area contributed by atoms with E-state index in [9.17, 15) is 0 Å². The quantitative estimate of drug-likeness (QED) is 0.762. The molecule has 1 rings (SSSR count). The van der Waals surface area contributed by atoms with E-state index in [2.05, 4.69) is 59.4 Å². The normalized spacial score (nSPS) is 12.4. The standard InChI is InChI=1S/C12H15BrS/c1-10(13)9-12(14)8-7-11-5-3-2-4-6-11/h2-6,12,14H,1,7-9H2. The number of thiol groups is 1. The molecule has 0 fully saturated rings. The Morgan fingerprint density at radius 1 is 1.36 bits per heavy atom. The van der Waals surface area contributed by atoms with Crippen LogP contribution in [0.3, 0.4) is 0 Å². The summed E-state index contributed by atoms with van der Waals surface area (Å²) in [6, 6.07) is 10.5. The van der Waals surface area contributed by atoms with Crippen LogP contribution in [0.25, 0.3) is 0 Å². The molecule has 0 aliphatic rings. The molecule has 1 aromatic rings. The topological polar surface area (TPSA) is 0 Å². The molecule has 0 radical (unpaired) electrons. The van der Waals surface area contributed by atoms with Gasteiger partial charge in [-0.15, -0.1) is 0 Å². The van der Waals surface area contributed by atoms with Gasteiger partial charge in [-0.05, 0) is 29.3 Å². The van der Waals surface area contributed by atoms with E-state index in [1.54, 1.807) is 0 Å². The van der Waals surface area contributed by atoms with Crippen LogP contribution in [0.1, 0.15) is 18.4 Å². The second-order valence-corrected chi connectivity index (χ2v) is 5.25. The van der Waals surface area contributed by atoms with Crippen molar-refractivity contribution in [3.8, 4) is 0 Å². The minimum Gasteiger partial charge on any atom is -0.176 e. The molecule has 1 aromatic carbocycles. The number of halogens is 1. The molecule has 1 atom stereocenters. The van der Waals surface area contributed by atoms with Crippen molar-refractivity contribution in [2.24, 2.45) is 0 Å². The fraction of sp³-hybridized carbons (Fsp3) is 0.333. The van der Waals surface area contributed by atoms with E-state index in [1.807, 2.05) is 6.07 Å². The van der Waals surface area contributed by atoms with Crippen LogP contribution in [0.5, 0.6) is 0 Å². The van der Waals surface area contributed by atoms with E-state index in [0.29, 0.717) is 5.25 Å². The van der Waals surface area contributed by atoms with E-state index < -0.39 is 0 Å². The Labute approximate surface area is 100.0 Å². The van der Waals surface area contributed by atoms with Gasteiger partial charge in [-0.2, -0.15) is 12.6 Å². The summed E-state index contributed by atoms with van der Waals surface area (Å²) in [5.41, 5.74) is 1.38. The average Bonchev–Trinajstić information content (AvgIpc) is 2.15. The summed E-state index contributed by atoms with van der Waals surface area (Å²) >= 11 is 7.87. The van der Waals surface area contributed by atoms with E-state index in [4.69, 9.17) is 0 Å². The highest BCUT2D eigenvalue weighted by Gasteiger charge is 2.03. The first kappa shape index (κ1) is 11.9. The van der Waals surface area contributed by atoms with Crippen molar-refractivity contribution in [1.82, 2.24) is 0 Å². The molecule has 0 spiro atoms. The average molecular weight is 271 g/mol. The van der Waals surface area contributed by atoms with Crippen molar-refractivity contribution in [2.45, 2.75) is 24.5 Å². The van der Waals surface area contributed by atoms with Gasteiger partial charge in [-0.25, -0.2) is 0 Å². The molecule has 0 aliphatic carbocycles. The Bertz CT molecular complexity index is 282. The second kappa shape index (κ2) is 6.31. The molecule has 0 heterocycles. The first-order chi connectivity index (χ1) is 6.68. The Balaban J connectivity index is 2.30. The summed E-state index contributed by atoms with van der Waals surface area (Å²) < 4.78 is 1.03. The lowest BCUT2D eigenvalue weighted by Crippen LogP contribution is -2.00. The molecule has 0 aromatic heterocycles. The van der Waals surface area contributed by atoms with Gasteiger partial charge >= 0.3 is 0 Å². The van der Waals surface area contributed by atoms with E-state index in [0.717, 1.165) is 23.7 Å². The van der Waals surface area contributed by atoms with Crippen molar-refractivity contribution < 1.29 is 0 Å². The Hall–Kier alpha value is -0.210. The Morgan fingerprint density at radius 3 is 2.57 bits per heavy atom. The second-order valence-electron chi connectivity index (χ2n) is 3.40. The van der Waals surface area contributed by atoms with Gasteiger partial charge in [0.2, 0.25) is 0 Å². The number of benzene rings is 1. The third kappa shape index (κ3) is 4.87. The number of rotatable bonds is 5. The van der Waals surface area contributed by atoms with E-state index in [1.165, 1.54) is 5.56 Å². The van der Waals surface area contributed by atoms with Gasteiger partial charge in [0.1, 0.15) is 0 Å². The maximum atomic E-state index is 4.51. The zero-order valence-corrected chi connectivity index (χ0v) is 10.6. The van der Waals surface area contributed by atoms with Crippen LogP contribution in [0, 0.1) is 0 Å². The molecule has 76 valence electrons. The molecule has 2 heteroatoms. The van der Waals surface area contributed by atoms with Crippen LogP contribution in [-0.2, 0) is 6.42 Å². The summed E-state index contributed by atoms with van der Waals surface area (Å²) in [6.07, 6.45) is 3.13. The molecule has 0 amide bonds. The van der Waals surface area contributed by atoms with Crippen LogP contribution in [0.15, 0.2) is 41.4 Å². The minimum absolute atomic E-state index is 0.405. The Morgan fingerprint density at radius 2 is 2.00 bits per heavy atom. The predicted octanol–water partition coefficient (Wildman–Crippen LogP) is 4.22. The maximum Gasteiger partial charge on any atom is 0.00652 e. The zero-order chi connectivity index (χ0) is 10.4. The highest BCUT2D eigenvalue weighted by Crippen LogP contribution is 2.18. The lowest BCUT2D eigenvalue weighted by atomic mass is 10.1. The molecule has 0 N–H and O–H groups in total. The summed E-state index contributed by atoms with van der Waals surface area (Å²) in [5, 5.41) is 0.405. The van der Waals surface area contributed by atoms with Gasteiger partial charge in [-0.3, -0.25) is 0 Å². The summed E-state index contributed by atoms with van der Waals surface area (Å²) in [7, 11) is 0. The Kier molecular flexibility index (Phi) is 5.34. The maximum absolute atomic E-state index is 4.51. The monoisotopic (exact) mass is 270 g/mol. The predicted molar refractivity (Wildman–Crippen MR) is 70.2 cm³/mol. The van der Waals surface area contributed by atoms with Gasteiger partial charge in [0.15, 0.2) is 0 Å². The molecular formula is C12H15BrS. The van der Waals surface area contributed by atoms with Gasteiger partial charge in [0, 0.05) is 5.25 Å². The molecule has 0 nitrogen and oxygen atoms in total. The summed E-state index contributed by atoms with van der Waals surface area (Å²) in [4.78, 5) is 0. The smallest absolute Gasteiger partial charge is 0.00652 e. The highest BCUT2D eigenvalue weighted by atomic mass is 79.9. The largest absolute Gasteiger partial charge is 0.176 e. The minimum atomic E-state index is 0.405. The molecule has 0 saturated carbocycles. The van der Waals surface area contributed by atoms with E-state index >= 15 is 0 Å². The summed E-state index contributed by atoms with van der Waals surface area (Å²) in [5.74, 6) is 0. The number of aryl methyl sites for hydroxylation is 1. The highest BCUT2D eigenvalue weighted by molar-refractivity contribution is 9.11. The van der Waals surface area contributed by atoms with Crippen LogP contribution in [0.2, 0.25) is 0 Å². The van der Waals surface area contributed by atoms with Crippen molar-refractivity contribution in [3.63, 3.8) is 0 Å². The molecular weight excluding hydrogens is 256 g/mol. The molecule has 0 aliphatic heterocycles. The van der Waals surface area contributed by atoms with Crippen molar-refractivity contribution >= 4 is 28.6 Å². The summed E-state index contributed by atoms with van der Waals surface area (Å²) in [6.45, 7) is 3.82. The van der Waals surface area contributed by atoms with Crippen LogP contribution < -0.4 is 0 Å². The van der Waals surface area contributed by atoms with Crippen molar-refractivity contribution in [2.75, 3.05) is 0 Å². The van der Waals surface area contributed by atoms with E-state index in [-0.39, 0.29) is 0 Å². The van der Waals surface area contributed by atoms with Crippen LogP contribution >= 0.6 is 28.6 Å². The van der Waals surface area contributed by atoms with Crippen LogP contribution in [0.4, 0.5) is 0 Å². The zero-order valence-electron chi connectivity index (χ0n) is 8.12. The third-order valence-corrected chi connectivity index (χ3v) is 2.83. The van der Waals surface area contributed by atoms with Gasteiger partial charge in [0.25, 0.3) is 0 Å². The van der Waals surface area contributed by atoms with Gasteiger partial charge < -0.3 is 0 Å². The molecule has 1 unspecified atom stereocenters. The van der Waals surface area contributed by atoms with Gasteiger partial charge in [0.05, 0.1) is 0 Å². The van der Waals surface area contributed by atoms with Crippen molar-refractivity contribution in [1.29, 1.82) is 0 Å². The van der Waals surface area contributed by atoms with Crippen molar-refractivity contribution in [3.05, 3.63) is 47.0 Å². The number of hydrogen-bond acceptors (Lipinski definition) is 1. The number of allylic oxidation sites excluding steroid dienone is 1. The molecule has 0 bridgehead atoms. The molecule has 14 heavy (non-hydrogen) atoms. The SMILES string of the molecule is C=C(Br)CC(S)CCc1ccccc1. The lowest BCUT2D eigenvalue weighted by molar-refractivity contribution is 0.768. The first-order valence-electron chi connectivity index (χ1n) is 4.74. The number of hydrogen-bond donors (Lipinski definition) is 1. The third-order valence-electron chi connectivity index (χ3n) is 2.07. The fourth-order valence-electron chi connectivity index (χ4n) is 1.34. The molecule has 0 saturated heterocycles. The fourth-order valence-corrected chi connectivity index (χ4v) is 2.33. The van der Waals surface area contributed by atoms with Gasteiger partial charge in [-0.1, -0.05) is 52.8 Å². The van der Waals surface area contributed by atoms with Crippen LogP contribution in [-0.4, -0.2) is 5.25 Å².